The van der Waals surface area contributed by atoms with Gasteiger partial charge in [0.05, 0.1) is 18.8 Å². The highest BCUT2D eigenvalue weighted by molar-refractivity contribution is 5.92. The van der Waals surface area contributed by atoms with Gasteiger partial charge in [0.2, 0.25) is 0 Å². The van der Waals surface area contributed by atoms with Gasteiger partial charge >= 0.3 is 6.09 Å². The Labute approximate surface area is 142 Å². The second-order valence-electron chi connectivity index (χ2n) is 6.95. The van der Waals surface area contributed by atoms with Crippen molar-refractivity contribution in [3.63, 3.8) is 0 Å². The lowest BCUT2D eigenvalue weighted by Crippen LogP contribution is -2.36. The monoisotopic (exact) mass is 338 g/mol. The number of aryl methyl sites for hydroxylation is 1. The van der Waals surface area contributed by atoms with E-state index in [1.54, 1.807) is 22.7 Å². The van der Waals surface area contributed by atoms with E-state index in [1.807, 2.05) is 20.8 Å². The number of carbonyl (C=O) groups is 2. The van der Waals surface area contributed by atoms with Crippen molar-refractivity contribution in [1.29, 1.82) is 0 Å². The second kappa shape index (κ2) is 7.21. The first kappa shape index (κ1) is 18.3. The van der Waals surface area contributed by atoms with Crippen molar-refractivity contribution in [2.45, 2.75) is 45.9 Å². The molecule has 1 aromatic heterocycles. The molecule has 2 heterocycles. The molecule has 8 nitrogen and oxygen atoms in total. The van der Waals surface area contributed by atoms with Crippen LogP contribution in [0.3, 0.4) is 0 Å². The molecule has 1 aromatic rings. The summed E-state index contributed by atoms with van der Waals surface area (Å²) >= 11 is 0. The topological polar surface area (TPSA) is 87.9 Å². The second-order valence-corrected chi connectivity index (χ2v) is 6.95. The summed E-state index contributed by atoms with van der Waals surface area (Å²) in [6.45, 7) is 7.26. The van der Waals surface area contributed by atoms with Crippen molar-refractivity contribution in [2.75, 3.05) is 26.7 Å². The molecule has 1 aliphatic rings. The molecule has 0 bridgehead atoms. The average molecular weight is 338 g/mol. The molecular weight excluding hydrogens is 312 g/mol. The van der Waals surface area contributed by atoms with Gasteiger partial charge in [0.25, 0.3) is 5.91 Å². The van der Waals surface area contributed by atoms with Crippen LogP contribution < -0.4 is 0 Å². The molecule has 2 rings (SSSR count). The molecule has 0 radical (unpaired) electrons. The van der Waals surface area contributed by atoms with Crippen molar-refractivity contribution in [3.8, 4) is 0 Å². The molecule has 0 aliphatic carbocycles. The van der Waals surface area contributed by atoms with Crippen molar-refractivity contribution in [1.82, 2.24) is 19.6 Å². The zero-order valence-electron chi connectivity index (χ0n) is 14.8. The minimum Gasteiger partial charge on any atom is -0.444 e. The fraction of sp³-hybridized carbons (Fsp3) is 0.688. The lowest BCUT2D eigenvalue weighted by molar-refractivity contribution is 0.0236. The lowest BCUT2D eigenvalue weighted by atomic mass is 10.2. The van der Waals surface area contributed by atoms with Crippen molar-refractivity contribution in [2.24, 2.45) is 0 Å². The summed E-state index contributed by atoms with van der Waals surface area (Å²) in [4.78, 5) is 27.6. The number of nitrogens with zero attached hydrogens (tertiary/aromatic N) is 4. The van der Waals surface area contributed by atoms with E-state index in [9.17, 15) is 9.59 Å². The van der Waals surface area contributed by atoms with Crippen LogP contribution in [0.1, 0.15) is 43.4 Å². The molecule has 2 amide bonds. The van der Waals surface area contributed by atoms with Gasteiger partial charge in [-0.15, -0.1) is 0 Å². The van der Waals surface area contributed by atoms with Crippen LogP contribution in [0.15, 0.2) is 6.07 Å². The maximum absolute atomic E-state index is 12.3. The quantitative estimate of drug-likeness (QED) is 0.891. The number of hydrogen-bond donors (Lipinski definition) is 1. The number of aliphatic hydroxyl groups excluding tert-OH is 1. The van der Waals surface area contributed by atoms with Gasteiger partial charge in [0.15, 0.2) is 5.69 Å². The third-order valence-electron chi connectivity index (χ3n) is 3.67. The predicted octanol–water partition coefficient (Wildman–Crippen LogP) is 1.09. The van der Waals surface area contributed by atoms with Gasteiger partial charge < -0.3 is 19.6 Å². The van der Waals surface area contributed by atoms with Crippen LogP contribution in [0, 0.1) is 0 Å². The summed E-state index contributed by atoms with van der Waals surface area (Å²) in [6.07, 6.45) is 0.385. The van der Waals surface area contributed by atoms with E-state index >= 15 is 0 Å². The van der Waals surface area contributed by atoms with Gasteiger partial charge in [0.1, 0.15) is 5.60 Å². The van der Waals surface area contributed by atoms with E-state index in [-0.39, 0.29) is 25.2 Å². The molecule has 1 aliphatic heterocycles. The van der Waals surface area contributed by atoms with E-state index in [0.29, 0.717) is 25.3 Å². The number of amides is 2. The Morgan fingerprint density at radius 1 is 1.38 bits per heavy atom. The minimum absolute atomic E-state index is 0.0950. The predicted molar refractivity (Wildman–Crippen MR) is 87.5 cm³/mol. The van der Waals surface area contributed by atoms with E-state index in [0.717, 1.165) is 12.1 Å². The smallest absolute Gasteiger partial charge is 0.410 e. The van der Waals surface area contributed by atoms with Crippen LogP contribution in [-0.2, 0) is 17.8 Å². The zero-order valence-corrected chi connectivity index (χ0v) is 14.8. The average Bonchev–Trinajstić information content (AvgIpc) is 2.76. The summed E-state index contributed by atoms with van der Waals surface area (Å²) in [5.74, 6) is -0.242. The number of hydrogen-bond acceptors (Lipinski definition) is 5. The summed E-state index contributed by atoms with van der Waals surface area (Å²) < 4.78 is 7.19. The standard InChI is InChI=1S/C16H26N4O4/c1-16(2,3)24-15(23)19-6-5-7-20-12(11-19)10-13(17-20)14(22)18(4)8-9-21/h10,21H,5-9,11H2,1-4H3. The Hall–Kier alpha value is -2.09. The van der Waals surface area contributed by atoms with Crippen LogP contribution >= 0.6 is 0 Å². The van der Waals surface area contributed by atoms with Gasteiger partial charge in [-0.2, -0.15) is 5.10 Å². The van der Waals surface area contributed by atoms with E-state index in [4.69, 9.17) is 9.84 Å². The molecule has 1 N–H and O–H groups in total. The van der Waals surface area contributed by atoms with Gasteiger partial charge in [0, 0.05) is 26.7 Å². The van der Waals surface area contributed by atoms with Gasteiger partial charge in [-0.1, -0.05) is 0 Å². The van der Waals surface area contributed by atoms with Crippen molar-refractivity contribution < 1.29 is 19.4 Å². The van der Waals surface area contributed by atoms with Crippen molar-refractivity contribution >= 4 is 12.0 Å². The van der Waals surface area contributed by atoms with Crippen LogP contribution in [-0.4, -0.2) is 69.0 Å². The molecule has 0 saturated heterocycles. The Kier molecular flexibility index (Phi) is 5.48. The summed E-state index contributed by atoms with van der Waals surface area (Å²) in [5.41, 5.74) is 0.587. The van der Waals surface area contributed by atoms with Gasteiger partial charge in [-0.3, -0.25) is 9.48 Å². The van der Waals surface area contributed by atoms with Crippen LogP contribution in [0.5, 0.6) is 0 Å². The number of aliphatic hydroxyl groups is 1. The number of rotatable bonds is 3. The maximum Gasteiger partial charge on any atom is 0.410 e. The number of likely N-dealkylation sites (N-methyl/N-ethyl adjacent to an activating group) is 1. The van der Waals surface area contributed by atoms with Crippen molar-refractivity contribution in [3.05, 3.63) is 17.5 Å². The molecule has 8 heteroatoms. The molecule has 24 heavy (non-hydrogen) atoms. The largest absolute Gasteiger partial charge is 0.444 e. The SMILES string of the molecule is CN(CCO)C(=O)c1cc2n(n1)CCCN(C(=O)OC(C)(C)C)C2. The van der Waals surface area contributed by atoms with Crippen LogP contribution in [0.4, 0.5) is 4.79 Å². The Bertz CT molecular complexity index is 606. The lowest BCUT2D eigenvalue weighted by Gasteiger charge is -2.26. The molecular formula is C16H26N4O4. The maximum atomic E-state index is 12.3. The van der Waals surface area contributed by atoms with E-state index in [1.165, 1.54) is 4.90 Å². The third kappa shape index (κ3) is 4.47. The van der Waals surface area contributed by atoms with E-state index < -0.39 is 5.60 Å². The number of carbonyl (C=O) groups excluding carboxylic acids is 2. The summed E-state index contributed by atoms with van der Waals surface area (Å²) in [6, 6.07) is 1.71. The van der Waals surface area contributed by atoms with E-state index in [2.05, 4.69) is 5.10 Å². The summed E-state index contributed by atoms with van der Waals surface area (Å²) in [5, 5.41) is 13.3. The minimum atomic E-state index is -0.544. The van der Waals surface area contributed by atoms with Gasteiger partial charge in [-0.25, -0.2) is 4.79 Å². The first-order chi connectivity index (χ1) is 11.2. The molecule has 0 aromatic carbocycles. The van der Waals surface area contributed by atoms with Crippen LogP contribution in [0.25, 0.3) is 0 Å². The fourth-order valence-electron chi connectivity index (χ4n) is 2.50. The highest BCUT2D eigenvalue weighted by atomic mass is 16.6. The highest BCUT2D eigenvalue weighted by Gasteiger charge is 2.26. The fourth-order valence-corrected chi connectivity index (χ4v) is 2.50. The zero-order chi connectivity index (χ0) is 17.9. The summed E-state index contributed by atoms with van der Waals surface area (Å²) in [7, 11) is 1.62. The molecule has 134 valence electrons. The molecule has 0 spiro atoms. The molecule has 0 unspecified atom stereocenters. The number of aromatic nitrogens is 2. The highest BCUT2D eigenvalue weighted by Crippen LogP contribution is 2.18. The molecule has 0 fully saturated rings. The Morgan fingerprint density at radius 2 is 2.08 bits per heavy atom. The normalized spacial score (nSPS) is 14.8. The number of fused-ring (bicyclic) bond motifs is 1. The van der Waals surface area contributed by atoms with Gasteiger partial charge in [-0.05, 0) is 33.3 Å². The third-order valence-corrected chi connectivity index (χ3v) is 3.67. The Morgan fingerprint density at radius 3 is 2.71 bits per heavy atom. The Balaban J connectivity index is 2.13. The molecule has 0 atom stereocenters. The first-order valence-corrected chi connectivity index (χ1v) is 8.12. The molecule has 0 saturated carbocycles. The first-order valence-electron chi connectivity index (χ1n) is 8.12. The number of ether oxygens (including phenoxy) is 1. The van der Waals surface area contributed by atoms with Crippen LogP contribution in [0.2, 0.25) is 0 Å².